The monoisotopic (exact) mass is 536 g/mol. The molecule has 3 aromatic carbocycles. The normalized spacial score (nSPS) is 24.6. The fraction of sp³-hybridized carbons (Fsp3) is 0.281. The lowest BCUT2D eigenvalue weighted by molar-refractivity contribution is -0.123. The Morgan fingerprint density at radius 3 is 2.15 bits per heavy atom. The van der Waals surface area contributed by atoms with Crippen molar-refractivity contribution >= 4 is 40.8 Å². The van der Waals surface area contributed by atoms with E-state index in [1.54, 1.807) is 36.4 Å². The Kier molecular flexibility index (Phi) is 6.54. The van der Waals surface area contributed by atoms with E-state index in [9.17, 15) is 24.0 Å². The molecule has 0 aromatic heterocycles. The number of esters is 1. The third kappa shape index (κ3) is 4.49. The molecular formula is C32H28N2O6. The summed E-state index contributed by atoms with van der Waals surface area (Å²) in [5.74, 6) is -1.56. The van der Waals surface area contributed by atoms with E-state index in [0.29, 0.717) is 22.9 Å². The maximum absolute atomic E-state index is 13.5. The molecular weight excluding hydrogens is 508 g/mol. The van der Waals surface area contributed by atoms with Gasteiger partial charge >= 0.3 is 5.97 Å². The summed E-state index contributed by atoms with van der Waals surface area (Å²) >= 11 is 0. The van der Waals surface area contributed by atoms with Gasteiger partial charge in [0.05, 0.1) is 23.1 Å². The number of ketones is 1. The SMILES string of the molecule is CC(=O)c1ccc(NC(=O)COC(=O)c2ccc(N3C(=O)[C@@H]4[C@@H]5C[C@@H]([C@H]4C3=O)[C@@H](c3ccccc3)C5)cc2)cc1. The molecule has 3 amide bonds. The highest BCUT2D eigenvalue weighted by atomic mass is 16.5. The molecule has 1 heterocycles. The fourth-order valence-electron chi connectivity index (χ4n) is 6.74. The predicted molar refractivity (Wildman–Crippen MR) is 147 cm³/mol. The van der Waals surface area contributed by atoms with Crippen molar-refractivity contribution in [3.63, 3.8) is 0 Å². The van der Waals surface area contributed by atoms with Crippen LogP contribution in [0.25, 0.3) is 0 Å². The maximum atomic E-state index is 13.5. The van der Waals surface area contributed by atoms with E-state index in [1.807, 2.05) is 18.2 Å². The van der Waals surface area contributed by atoms with Crippen molar-refractivity contribution in [1.29, 1.82) is 0 Å². The topological polar surface area (TPSA) is 110 Å². The van der Waals surface area contributed by atoms with Crippen LogP contribution in [-0.4, -0.2) is 36.1 Å². The first kappa shape index (κ1) is 25.7. The van der Waals surface area contributed by atoms with Crippen molar-refractivity contribution in [2.24, 2.45) is 23.7 Å². The number of rotatable bonds is 7. The van der Waals surface area contributed by atoms with Crippen LogP contribution in [0.3, 0.4) is 0 Å². The van der Waals surface area contributed by atoms with E-state index >= 15 is 0 Å². The number of amides is 3. The van der Waals surface area contributed by atoms with Gasteiger partial charge in [0.15, 0.2) is 12.4 Å². The van der Waals surface area contributed by atoms with Gasteiger partial charge < -0.3 is 10.1 Å². The van der Waals surface area contributed by atoms with E-state index in [4.69, 9.17) is 4.74 Å². The Labute approximate surface area is 231 Å². The van der Waals surface area contributed by atoms with Gasteiger partial charge in [-0.15, -0.1) is 0 Å². The number of hydrogen-bond donors (Lipinski definition) is 1. The van der Waals surface area contributed by atoms with E-state index in [0.717, 1.165) is 12.8 Å². The number of Topliss-reactive ketones (excluding diaryl/α,β-unsaturated/α-hetero) is 1. The number of anilines is 2. The first-order valence-electron chi connectivity index (χ1n) is 13.4. The van der Waals surface area contributed by atoms with Crippen molar-refractivity contribution < 1.29 is 28.7 Å². The zero-order valence-corrected chi connectivity index (χ0v) is 21.9. The molecule has 1 saturated heterocycles. The third-order valence-corrected chi connectivity index (χ3v) is 8.51. The molecule has 2 saturated carbocycles. The molecule has 2 bridgehead atoms. The van der Waals surface area contributed by atoms with Gasteiger partial charge in [-0.25, -0.2) is 4.79 Å². The van der Waals surface area contributed by atoms with E-state index in [2.05, 4.69) is 17.4 Å². The summed E-state index contributed by atoms with van der Waals surface area (Å²) in [4.78, 5) is 64.3. The van der Waals surface area contributed by atoms with Crippen LogP contribution in [0.4, 0.5) is 11.4 Å². The Morgan fingerprint density at radius 1 is 0.825 bits per heavy atom. The van der Waals surface area contributed by atoms with E-state index in [1.165, 1.54) is 29.5 Å². The van der Waals surface area contributed by atoms with Gasteiger partial charge in [0.2, 0.25) is 11.8 Å². The van der Waals surface area contributed by atoms with Crippen molar-refractivity contribution in [3.05, 3.63) is 95.6 Å². The number of nitrogens with one attached hydrogen (secondary N) is 1. The lowest BCUT2D eigenvalue weighted by Gasteiger charge is -2.28. The minimum atomic E-state index is -0.701. The number of nitrogens with zero attached hydrogens (tertiary/aromatic N) is 1. The highest BCUT2D eigenvalue weighted by Gasteiger charge is 2.64. The van der Waals surface area contributed by atoms with Gasteiger partial charge in [-0.2, -0.15) is 0 Å². The molecule has 0 radical (unpaired) electrons. The van der Waals surface area contributed by atoms with Gasteiger partial charge in [-0.3, -0.25) is 24.1 Å². The fourth-order valence-corrected chi connectivity index (χ4v) is 6.74. The van der Waals surface area contributed by atoms with Crippen LogP contribution < -0.4 is 10.2 Å². The first-order valence-corrected chi connectivity index (χ1v) is 13.4. The number of carbonyl (C=O) groups is 5. The Balaban J connectivity index is 1.08. The lowest BCUT2D eigenvalue weighted by atomic mass is 9.73. The summed E-state index contributed by atoms with van der Waals surface area (Å²) in [6, 6.07) is 22.7. The molecule has 3 fully saturated rings. The molecule has 0 unspecified atom stereocenters. The maximum Gasteiger partial charge on any atom is 0.338 e. The number of hydrogen-bond acceptors (Lipinski definition) is 6. The van der Waals surface area contributed by atoms with Crippen molar-refractivity contribution in [3.8, 4) is 0 Å². The van der Waals surface area contributed by atoms with Gasteiger partial charge in [0, 0.05) is 11.3 Å². The van der Waals surface area contributed by atoms with Crippen LogP contribution in [0.5, 0.6) is 0 Å². The smallest absolute Gasteiger partial charge is 0.338 e. The number of imide groups is 1. The van der Waals surface area contributed by atoms with Crippen LogP contribution in [0.2, 0.25) is 0 Å². The summed E-state index contributed by atoms with van der Waals surface area (Å²) in [7, 11) is 0. The van der Waals surface area contributed by atoms with Gasteiger partial charge in [-0.05, 0) is 91.6 Å². The molecule has 3 aromatic rings. The zero-order chi connectivity index (χ0) is 28.0. The zero-order valence-electron chi connectivity index (χ0n) is 21.9. The average Bonchev–Trinajstić information content (AvgIpc) is 3.64. The molecule has 8 nitrogen and oxygen atoms in total. The first-order chi connectivity index (χ1) is 19.3. The van der Waals surface area contributed by atoms with Crippen molar-refractivity contribution in [2.75, 3.05) is 16.8 Å². The third-order valence-electron chi connectivity index (χ3n) is 8.51. The second-order valence-corrected chi connectivity index (χ2v) is 10.8. The summed E-state index contributed by atoms with van der Waals surface area (Å²) in [5, 5.41) is 2.61. The summed E-state index contributed by atoms with van der Waals surface area (Å²) < 4.78 is 5.13. The predicted octanol–water partition coefficient (Wildman–Crippen LogP) is 4.61. The second-order valence-electron chi connectivity index (χ2n) is 10.8. The number of carbonyl (C=O) groups excluding carboxylic acids is 5. The number of ether oxygens (including phenoxy) is 1. The Hall–Kier alpha value is -4.59. The summed E-state index contributed by atoms with van der Waals surface area (Å²) in [6.07, 6.45) is 1.83. The largest absolute Gasteiger partial charge is 0.452 e. The number of fused-ring (bicyclic) bond motifs is 5. The van der Waals surface area contributed by atoms with Gasteiger partial charge in [0.25, 0.3) is 5.91 Å². The average molecular weight is 537 g/mol. The molecule has 3 aliphatic rings. The molecule has 1 N–H and O–H groups in total. The molecule has 40 heavy (non-hydrogen) atoms. The highest BCUT2D eigenvalue weighted by molar-refractivity contribution is 6.22. The lowest BCUT2D eigenvalue weighted by Crippen LogP contribution is -2.33. The van der Waals surface area contributed by atoms with Crippen LogP contribution >= 0.6 is 0 Å². The Morgan fingerprint density at radius 2 is 1.48 bits per heavy atom. The quantitative estimate of drug-likeness (QED) is 0.268. The van der Waals surface area contributed by atoms with Crippen molar-refractivity contribution in [2.45, 2.75) is 25.7 Å². The molecule has 6 rings (SSSR count). The standard InChI is InChI=1S/C32H28N2O6/c1-18(35)19-7-11-23(12-8-19)33-27(36)17-40-32(39)21-9-13-24(14-10-21)34-30(37)28-22-15-25(20-5-3-2-4-6-20)26(16-22)29(28)31(34)38/h2-14,22,25-26,28-29H,15-17H2,1H3,(H,33,36)/t22-,25+,26+,28+,29+/m0/s1. The van der Waals surface area contributed by atoms with Gasteiger partial charge in [-0.1, -0.05) is 30.3 Å². The molecule has 5 atom stereocenters. The van der Waals surface area contributed by atoms with Crippen LogP contribution in [0.15, 0.2) is 78.9 Å². The number of benzene rings is 3. The van der Waals surface area contributed by atoms with E-state index in [-0.39, 0.29) is 46.8 Å². The highest BCUT2D eigenvalue weighted by Crippen LogP contribution is 2.61. The minimum Gasteiger partial charge on any atom is -0.452 e. The van der Waals surface area contributed by atoms with Crippen LogP contribution in [0.1, 0.15) is 52.0 Å². The van der Waals surface area contributed by atoms with Gasteiger partial charge in [0.1, 0.15) is 0 Å². The minimum absolute atomic E-state index is 0.0806. The molecule has 8 heteroatoms. The van der Waals surface area contributed by atoms with Crippen LogP contribution in [-0.2, 0) is 19.1 Å². The Bertz CT molecular complexity index is 1500. The van der Waals surface area contributed by atoms with E-state index < -0.39 is 18.5 Å². The molecule has 202 valence electrons. The van der Waals surface area contributed by atoms with Crippen molar-refractivity contribution in [1.82, 2.24) is 0 Å². The molecule has 1 aliphatic heterocycles. The summed E-state index contributed by atoms with van der Waals surface area (Å²) in [6.45, 7) is 0.961. The molecule has 0 spiro atoms. The summed E-state index contributed by atoms with van der Waals surface area (Å²) in [5.41, 5.74) is 2.87. The molecule has 2 aliphatic carbocycles. The van der Waals surface area contributed by atoms with Crippen LogP contribution in [0, 0.1) is 23.7 Å². The second kappa shape index (κ2) is 10.2.